The third-order valence-corrected chi connectivity index (χ3v) is 2.98. The standard InChI is InChI=1S/C11H12N4O/c16-11-9-2-1-4-13-10(9)14-7-15(11)8-3-5-12-6-8/h1-2,4,7-8,12H,3,5-6H2/t8-/m0/s1. The third kappa shape index (κ3) is 1.40. The topological polar surface area (TPSA) is 59.8 Å². The lowest BCUT2D eigenvalue weighted by molar-refractivity contribution is 0.525. The summed E-state index contributed by atoms with van der Waals surface area (Å²) < 4.78 is 1.71. The van der Waals surface area contributed by atoms with Gasteiger partial charge in [0.2, 0.25) is 0 Å². The average Bonchev–Trinajstić information content (AvgIpc) is 2.83. The Labute approximate surface area is 92.1 Å². The third-order valence-electron chi connectivity index (χ3n) is 2.98. The highest BCUT2D eigenvalue weighted by Gasteiger charge is 2.18. The molecule has 82 valence electrons. The van der Waals surface area contributed by atoms with Crippen molar-refractivity contribution < 1.29 is 0 Å². The Morgan fingerprint density at radius 1 is 1.44 bits per heavy atom. The summed E-state index contributed by atoms with van der Waals surface area (Å²) in [5.41, 5.74) is 0.529. The number of aromatic nitrogens is 3. The van der Waals surface area contributed by atoms with Crippen LogP contribution in [0.25, 0.3) is 11.0 Å². The molecular formula is C11H12N4O. The van der Waals surface area contributed by atoms with Crippen molar-refractivity contribution in [1.29, 1.82) is 0 Å². The smallest absolute Gasteiger partial charge is 0.263 e. The van der Waals surface area contributed by atoms with Gasteiger partial charge in [-0.3, -0.25) is 9.36 Å². The van der Waals surface area contributed by atoms with Gasteiger partial charge >= 0.3 is 0 Å². The van der Waals surface area contributed by atoms with E-state index in [1.165, 1.54) is 0 Å². The van der Waals surface area contributed by atoms with Gasteiger partial charge in [-0.2, -0.15) is 0 Å². The molecule has 0 amide bonds. The van der Waals surface area contributed by atoms with Crippen LogP contribution in [0.3, 0.4) is 0 Å². The highest BCUT2D eigenvalue weighted by atomic mass is 16.1. The fourth-order valence-electron chi connectivity index (χ4n) is 2.11. The summed E-state index contributed by atoms with van der Waals surface area (Å²) in [6.07, 6.45) is 4.24. The fraction of sp³-hybridized carbons (Fsp3) is 0.364. The Kier molecular flexibility index (Phi) is 2.18. The minimum atomic E-state index is 0.00630. The molecule has 2 aromatic rings. The first-order valence-electron chi connectivity index (χ1n) is 5.39. The molecule has 2 aromatic heterocycles. The van der Waals surface area contributed by atoms with E-state index in [9.17, 15) is 4.79 Å². The van der Waals surface area contributed by atoms with Gasteiger partial charge in [-0.1, -0.05) is 0 Å². The molecular weight excluding hydrogens is 204 g/mol. The van der Waals surface area contributed by atoms with Crippen LogP contribution in [0.1, 0.15) is 12.5 Å². The van der Waals surface area contributed by atoms with Gasteiger partial charge in [0.1, 0.15) is 6.33 Å². The lowest BCUT2D eigenvalue weighted by Gasteiger charge is -2.12. The van der Waals surface area contributed by atoms with Gasteiger partial charge in [0.15, 0.2) is 5.65 Å². The van der Waals surface area contributed by atoms with Gasteiger partial charge in [0, 0.05) is 12.7 Å². The van der Waals surface area contributed by atoms with E-state index >= 15 is 0 Å². The van der Waals surface area contributed by atoms with Gasteiger partial charge in [-0.15, -0.1) is 0 Å². The second kappa shape index (κ2) is 3.68. The first-order valence-corrected chi connectivity index (χ1v) is 5.39. The number of hydrogen-bond donors (Lipinski definition) is 1. The van der Waals surface area contributed by atoms with Crippen LogP contribution in [0.4, 0.5) is 0 Å². The second-order valence-corrected chi connectivity index (χ2v) is 3.98. The fourth-order valence-corrected chi connectivity index (χ4v) is 2.11. The van der Waals surface area contributed by atoms with Crippen LogP contribution in [0, 0.1) is 0 Å². The monoisotopic (exact) mass is 216 g/mol. The van der Waals surface area contributed by atoms with Crippen molar-refractivity contribution in [2.24, 2.45) is 0 Å². The average molecular weight is 216 g/mol. The van der Waals surface area contributed by atoms with Crippen LogP contribution in [-0.4, -0.2) is 27.6 Å². The Bertz CT molecular complexity index is 571. The molecule has 3 rings (SSSR count). The van der Waals surface area contributed by atoms with E-state index in [0.717, 1.165) is 19.5 Å². The Hall–Kier alpha value is -1.75. The molecule has 0 bridgehead atoms. The molecule has 16 heavy (non-hydrogen) atoms. The maximum Gasteiger partial charge on any atom is 0.263 e. The number of nitrogens with zero attached hydrogens (tertiary/aromatic N) is 3. The summed E-state index contributed by atoms with van der Waals surface area (Å²) in [5.74, 6) is 0. The zero-order valence-electron chi connectivity index (χ0n) is 8.76. The maximum absolute atomic E-state index is 12.2. The number of fused-ring (bicyclic) bond motifs is 1. The minimum Gasteiger partial charge on any atom is -0.315 e. The number of nitrogens with one attached hydrogen (secondary N) is 1. The van der Waals surface area contributed by atoms with E-state index in [0.29, 0.717) is 11.0 Å². The Morgan fingerprint density at radius 3 is 3.19 bits per heavy atom. The highest BCUT2D eigenvalue weighted by molar-refractivity contribution is 5.72. The van der Waals surface area contributed by atoms with Crippen LogP contribution in [0.15, 0.2) is 29.5 Å². The van der Waals surface area contributed by atoms with E-state index in [4.69, 9.17) is 0 Å². The van der Waals surface area contributed by atoms with E-state index in [1.54, 1.807) is 29.2 Å². The zero-order chi connectivity index (χ0) is 11.0. The molecule has 1 saturated heterocycles. The molecule has 0 unspecified atom stereocenters. The number of pyridine rings is 1. The first-order chi connectivity index (χ1) is 7.86. The van der Waals surface area contributed by atoms with E-state index in [-0.39, 0.29) is 11.6 Å². The molecule has 0 radical (unpaired) electrons. The molecule has 1 fully saturated rings. The maximum atomic E-state index is 12.2. The second-order valence-electron chi connectivity index (χ2n) is 3.98. The molecule has 0 spiro atoms. The molecule has 5 nitrogen and oxygen atoms in total. The lowest BCUT2D eigenvalue weighted by Crippen LogP contribution is -2.26. The van der Waals surface area contributed by atoms with Crippen molar-refractivity contribution in [3.05, 3.63) is 35.0 Å². The van der Waals surface area contributed by atoms with E-state index in [1.807, 2.05) is 0 Å². The van der Waals surface area contributed by atoms with Crippen molar-refractivity contribution in [3.63, 3.8) is 0 Å². The Balaban J connectivity index is 2.19. The zero-order valence-corrected chi connectivity index (χ0v) is 8.76. The first kappa shape index (κ1) is 9.47. The van der Waals surface area contributed by atoms with Crippen LogP contribution in [0.2, 0.25) is 0 Å². The van der Waals surface area contributed by atoms with Gasteiger partial charge < -0.3 is 5.32 Å². The van der Waals surface area contributed by atoms with Crippen molar-refractivity contribution in [2.75, 3.05) is 13.1 Å². The molecule has 1 N–H and O–H groups in total. The van der Waals surface area contributed by atoms with Crippen molar-refractivity contribution >= 4 is 11.0 Å². The molecule has 1 aliphatic rings. The minimum absolute atomic E-state index is 0.00630. The van der Waals surface area contributed by atoms with E-state index < -0.39 is 0 Å². The quantitative estimate of drug-likeness (QED) is 0.746. The predicted molar refractivity (Wildman–Crippen MR) is 60.3 cm³/mol. The molecule has 0 saturated carbocycles. The molecule has 1 atom stereocenters. The normalized spacial score (nSPS) is 20.4. The summed E-state index contributed by atoms with van der Waals surface area (Å²) in [6, 6.07) is 3.77. The number of hydrogen-bond acceptors (Lipinski definition) is 4. The SMILES string of the molecule is O=c1c2cccnc2ncn1[C@H]1CCNC1. The lowest BCUT2D eigenvalue weighted by atomic mass is 10.2. The van der Waals surface area contributed by atoms with Crippen molar-refractivity contribution in [1.82, 2.24) is 19.9 Å². The molecule has 3 heterocycles. The highest BCUT2D eigenvalue weighted by Crippen LogP contribution is 2.13. The molecule has 1 aliphatic heterocycles. The summed E-state index contributed by atoms with van der Waals surface area (Å²) in [4.78, 5) is 20.5. The van der Waals surface area contributed by atoms with Gasteiger partial charge in [-0.25, -0.2) is 9.97 Å². The Morgan fingerprint density at radius 2 is 2.38 bits per heavy atom. The van der Waals surface area contributed by atoms with Crippen molar-refractivity contribution in [2.45, 2.75) is 12.5 Å². The van der Waals surface area contributed by atoms with Crippen LogP contribution < -0.4 is 10.9 Å². The molecule has 5 heteroatoms. The van der Waals surface area contributed by atoms with Gasteiger partial charge in [-0.05, 0) is 25.1 Å². The van der Waals surface area contributed by atoms with Crippen molar-refractivity contribution in [3.8, 4) is 0 Å². The van der Waals surface area contributed by atoms with Crippen LogP contribution in [-0.2, 0) is 0 Å². The summed E-state index contributed by atoms with van der Waals surface area (Å²) in [6.45, 7) is 1.80. The molecule has 0 aromatic carbocycles. The summed E-state index contributed by atoms with van der Waals surface area (Å²) in [7, 11) is 0. The van der Waals surface area contributed by atoms with Gasteiger partial charge in [0.05, 0.1) is 11.4 Å². The largest absolute Gasteiger partial charge is 0.315 e. The predicted octanol–water partition coefficient (Wildman–Crippen LogP) is 0.326. The van der Waals surface area contributed by atoms with Crippen LogP contribution >= 0.6 is 0 Å². The van der Waals surface area contributed by atoms with Gasteiger partial charge in [0.25, 0.3) is 5.56 Å². The molecule has 0 aliphatic carbocycles. The summed E-state index contributed by atoms with van der Waals surface area (Å²) >= 11 is 0. The van der Waals surface area contributed by atoms with Crippen LogP contribution in [0.5, 0.6) is 0 Å². The number of rotatable bonds is 1. The van der Waals surface area contributed by atoms with E-state index in [2.05, 4.69) is 15.3 Å². The summed E-state index contributed by atoms with van der Waals surface area (Å²) in [5, 5.41) is 3.84.